The molecule has 0 bridgehead atoms. The fourth-order valence-corrected chi connectivity index (χ4v) is 3.21. The van der Waals surface area contributed by atoms with E-state index >= 15 is 0 Å². The van der Waals surface area contributed by atoms with Gasteiger partial charge in [-0.25, -0.2) is 0 Å². The van der Waals surface area contributed by atoms with Gasteiger partial charge < -0.3 is 14.5 Å². The number of ether oxygens (including phenoxy) is 1. The van der Waals surface area contributed by atoms with Gasteiger partial charge in [0.05, 0.1) is 6.61 Å². The molecule has 0 radical (unpaired) electrons. The summed E-state index contributed by atoms with van der Waals surface area (Å²) in [6.45, 7) is 7.26. The summed E-state index contributed by atoms with van der Waals surface area (Å²) in [7, 11) is 0. The number of aryl methyl sites for hydroxylation is 1. The van der Waals surface area contributed by atoms with Gasteiger partial charge in [-0.15, -0.1) is 0 Å². The molecule has 5 heteroatoms. The number of carbonyl (C=O) groups is 2. The van der Waals surface area contributed by atoms with Crippen LogP contribution in [0.5, 0.6) is 5.75 Å². The van der Waals surface area contributed by atoms with Crippen LogP contribution in [0.1, 0.15) is 42.1 Å². The average molecular weight is 330 g/mol. The van der Waals surface area contributed by atoms with E-state index in [0.29, 0.717) is 31.8 Å². The first-order chi connectivity index (χ1) is 11.6. The highest BCUT2D eigenvalue weighted by molar-refractivity contribution is 5.94. The number of benzene rings is 1. The highest BCUT2D eigenvalue weighted by Crippen LogP contribution is 2.31. The first-order valence-electron chi connectivity index (χ1n) is 8.91. The molecule has 1 saturated heterocycles. The predicted molar refractivity (Wildman–Crippen MR) is 92.2 cm³/mol. The molecule has 2 fully saturated rings. The van der Waals surface area contributed by atoms with E-state index in [0.717, 1.165) is 37.1 Å². The molecule has 0 aromatic heterocycles. The SMILES string of the molecule is CCOc1ccc(C(=O)N2CCCN(C(=O)C3CC3)CC2)cc1C. The van der Waals surface area contributed by atoms with Gasteiger partial charge in [-0.1, -0.05) is 0 Å². The summed E-state index contributed by atoms with van der Waals surface area (Å²) in [6, 6.07) is 5.59. The van der Waals surface area contributed by atoms with Crippen LogP contribution in [0.15, 0.2) is 18.2 Å². The highest BCUT2D eigenvalue weighted by Gasteiger charge is 2.34. The quantitative estimate of drug-likeness (QED) is 0.852. The average Bonchev–Trinajstić information content (AvgIpc) is 3.42. The Hall–Kier alpha value is -2.04. The van der Waals surface area contributed by atoms with Gasteiger partial charge in [-0.05, 0) is 56.9 Å². The molecular weight excluding hydrogens is 304 g/mol. The van der Waals surface area contributed by atoms with Crippen molar-refractivity contribution < 1.29 is 14.3 Å². The van der Waals surface area contributed by atoms with E-state index in [-0.39, 0.29) is 17.7 Å². The maximum Gasteiger partial charge on any atom is 0.253 e. The largest absolute Gasteiger partial charge is 0.494 e. The van der Waals surface area contributed by atoms with Crippen molar-refractivity contribution in [3.63, 3.8) is 0 Å². The highest BCUT2D eigenvalue weighted by atomic mass is 16.5. The Morgan fingerprint density at radius 3 is 2.50 bits per heavy atom. The first kappa shape index (κ1) is 16.8. The molecule has 0 atom stereocenters. The van der Waals surface area contributed by atoms with Crippen LogP contribution in [0.2, 0.25) is 0 Å². The Morgan fingerprint density at radius 2 is 1.83 bits per heavy atom. The summed E-state index contributed by atoms with van der Waals surface area (Å²) in [5.41, 5.74) is 1.67. The maximum atomic E-state index is 12.8. The van der Waals surface area contributed by atoms with E-state index in [4.69, 9.17) is 4.74 Å². The van der Waals surface area contributed by atoms with Crippen molar-refractivity contribution in [3.8, 4) is 5.75 Å². The molecule has 1 heterocycles. The van der Waals surface area contributed by atoms with Crippen molar-refractivity contribution in [1.82, 2.24) is 9.80 Å². The van der Waals surface area contributed by atoms with Gasteiger partial charge in [0.25, 0.3) is 5.91 Å². The van der Waals surface area contributed by atoms with Crippen molar-refractivity contribution in [2.24, 2.45) is 5.92 Å². The zero-order chi connectivity index (χ0) is 17.1. The Morgan fingerprint density at radius 1 is 1.12 bits per heavy atom. The van der Waals surface area contributed by atoms with Crippen LogP contribution in [0.3, 0.4) is 0 Å². The zero-order valence-electron chi connectivity index (χ0n) is 14.6. The van der Waals surface area contributed by atoms with E-state index in [1.165, 1.54) is 0 Å². The summed E-state index contributed by atoms with van der Waals surface area (Å²) < 4.78 is 5.54. The van der Waals surface area contributed by atoms with Crippen molar-refractivity contribution in [3.05, 3.63) is 29.3 Å². The molecular formula is C19H26N2O3. The summed E-state index contributed by atoms with van der Waals surface area (Å²) in [4.78, 5) is 28.8. The number of rotatable bonds is 4. The third-order valence-electron chi connectivity index (χ3n) is 4.74. The van der Waals surface area contributed by atoms with Gasteiger partial charge in [0.1, 0.15) is 5.75 Å². The van der Waals surface area contributed by atoms with E-state index in [2.05, 4.69) is 0 Å². The van der Waals surface area contributed by atoms with E-state index < -0.39 is 0 Å². The molecule has 5 nitrogen and oxygen atoms in total. The van der Waals surface area contributed by atoms with Crippen LogP contribution in [-0.2, 0) is 4.79 Å². The Bertz CT molecular complexity index is 625. The number of amides is 2. The second-order valence-electron chi connectivity index (χ2n) is 6.66. The fraction of sp³-hybridized carbons (Fsp3) is 0.579. The van der Waals surface area contributed by atoms with Gasteiger partial charge in [-0.3, -0.25) is 9.59 Å². The molecule has 0 unspecified atom stereocenters. The molecule has 1 aliphatic heterocycles. The molecule has 130 valence electrons. The number of nitrogens with zero attached hydrogens (tertiary/aromatic N) is 2. The van der Waals surface area contributed by atoms with Gasteiger partial charge in [0.2, 0.25) is 5.91 Å². The minimum absolute atomic E-state index is 0.0434. The van der Waals surface area contributed by atoms with Gasteiger partial charge in [-0.2, -0.15) is 0 Å². The summed E-state index contributed by atoms with van der Waals surface area (Å²) in [5, 5.41) is 0. The van der Waals surface area contributed by atoms with E-state index in [1.807, 2.05) is 41.8 Å². The van der Waals surface area contributed by atoms with Crippen LogP contribution in [0.4, 0.5) is 0 Å². The van der Waals surface area contributed by atoms with Crippen LogP contribution in [0.25, 0.3) is 0 Å². The van der Waals surface area contributed by atoms with E-state index in [9.17, 15) is 9.59 Å². The molecule has 3 rings (SSSR count). The second-order valence-corrected chi connectivity index (χ2v) is 6.66. The fourth-order valence-electron chi connectivity index (χ4n) is 3.21. The Kier molecular flexibility index (Phi) is 5.07. The smallest absolute Gasteiger partial charge is 0.253 e. The monoisotopic (exact) mass is 330 g/mol. The van der Waals surface area contributed by atoms with Crippen molar-refractivity contribution >= 4 is 11.8 Å². The zero-order valence-corrected chi connectivity index (χ0v) is 14.6. The van der Waals surface area contributed by atoms with Gasteiger partial charge in [0, 0.05) is 37.7 Å². The summed E-state index contributed by atoms with van der Waals surface area (Å²) in [6.07, 6.45) is 2.91. The lowest BCUT2D eigenvalue weighted by Gasteiger charge is -2.22. The lowest BCUT2D eigenvalue weighted by atomic mass is 10.1. The molecule has 2 amide bonds. The molecule has 0 N–H and O–H groups in total. The van der Waals surface area contributed by atoms with Crippen LogP contribution in [0, 0.1) is 12.8 Å². The van der Waals surface area contributed by atoms with Crippen molar-refractivity contribution in [2.75, 3.05) is 32.8 Å². The Balaban J connectivity index is 1.64. The molecule has 1 aliphatic carbocycles. The van der Waals surface area contributed by atoms with Gasteiger partial charge in [0.15, 0.2) is 0 Å². The molecule has 1 aromatic rings. The molecule has 1 saturated carbocycles. The number of hydrogen-bond donors (Lipinski definition) is 0. The summed E-state index contributed by atoms with van der Waals surface area (Å²) in [5.74, 6) is 1.40. The van der Waals surface area contributed by atoms with Crippen molar-refractivity contribution in [2.45, 2.75) is 33.1 Å². The number of hydrogen-bond acceptors (Lipinski definition) is 3. The first-order valence-corrected chi connectivity index (χ1v) is 8.91. The minimum atomic E-state index is 0.0434. The third kappa shape index (κ3) is 3.71. The Labute approximate surface area is 143 Å². The summed E-state index contributed by atoms with van der Waals surface area (Å²) >= 11 is 0. The van der Waals surface area contributed by atoms with Crippen LogP contribution < -0.4 is 4.74 Å². The standard InChI is InChI=1S/C19H26N2O3/c1-3-24-17-8-7-16(13-14(17)2)19(23)21-10-4-9-20(11-12-21)18(22)15-5-6-15/h7-8,13,15H,3-6,9-12H2,1-2H3. The minimum Gasteiger partial charge on any atom is -0.494 e. The second kappa shape index (κ2) is 7.24. The third-order valence-corrected chi connectivity index (χ3v) is 4.74. The predicted octanol–water partition coefficient (Wildman–Crippen LogP) is 2.48. The lowest BCUT2D eigenvalue weighted by molar-refractivity contribution is -0.132. The molecule has 2 aliphatic rings. The lowest BCUT2D eigenvalue weighted by Crippen LogP contribution is -2.38. The topological polar surface area (TPSA) is 49.9 Å². The van der Waals surface area contributed by atoms with Crippen LogP contribution in [-0.4, -0.2) is 54.4 Å². The molecule has 1 aromatic carbocycles. The van der Waals surface area contributed by atoms with Gasteiger partial charge >= 0.3 is 0 Å². The normalized spacial score (nSPS) is 18.2. The maximum absolute atomic E-state index is 12.8. The number of carbonyl (C=O) groups excluding carboxylic acids is 2. The van der Waals surface area contributed by atoms with E-state index in [1.54, 1.807) is 0 Å². The molecule has 24 heavy (non-hydrogen) atoms. The van der Waals surface area contributed by atoms with Crippen molar-refractivity contribution in [1.29, 1.82) is 0 Å². The molecule has 0 spiro atoms. The van der Waals surface area contributed by atoms with Crippen LogP contribution >= 0.6 is 0 Å².